The van der Waals surface area contributed by atoms with E-state index in [0.29, 0.717) is 19.4 Å². The van der Waals surface area contributed by atoms with Gasteiger partial charge in [-0.05, 0) is 24.3 Å². The summed E-state index contributed by atoms with van der Waals surface area (Å²) in [7, 11) is 1.78. The first kappa shape index (κ1) is 15.2. The lowest BCUT2D eigenvalue weighted by molar-refractivity contribution is -0.130. The van der Waals surface area contributed by atoms with Gasteiger partial charge in [0.1, 0.15) is 17.3 Å². The maximum atomic E-state index is 12.2. The maximum absolute atomic E-state index is 12.2. The summed E-state index contributed by atoms with van der Waals surface area (Å²) in [6, 6.07) is 17.5. The summed E-state index contributed by atoms with van der Waals surface area (Å²) in [4.78, 5) is 13.8. The van der Waals surface area contributed by atoms with E-state index in [4.69, 9.17) is 8.83 Å². The molecule has 0 unspecified atom stereocenters. The third-order valence-electron chi connectivity index (χ3n) is 3.70. The van der Waals surface area contributed by atoms with Crippen molar-refractivity contribution in [1.29, 1.82) is 0 Å². The van der Waals surface area contributed by atoms with Crippen LogP contribution in [0.2, 0.25) is 0 Å². The number of amides is 1. The summed E-state index contributed by atoms with van der Waals surface area (Å²) in [5.74, 6) is 2.50. The molecule has 0 radical (unpaired) electrons. The van der Waals surface area contributed by atoms with Gasteiger partial charge in [-0.25, -0.2) is 0 Å². The highest BCUT2D eigenvalue weighted by Gasteiger charge is 2.12. The van der Waals surface area contributed by atoms with Crippen LogP contribution in [-0.4, -0.2) is 17.9 Å². The summed E-state index contributed by atoms with van der Waals surface area (Å²) in [6.07, 6.45) is 2.62. The molecule has 0 N–H and O–H groups in total. The van der Waals surface area contributed by atoms with Crippen molar-refractivity contribution in [3.8, 4) is 11.3 Å². The van der Waals surface area contributed by atoms with E-state index < -0.39 is 0 Å². The zero-order chi connectivity index (χ0) is 16.1. The molecule has 4 heteroatoms. The molecule has 1 amide bonds. The van der Waals surface area contributed by atoms with Gasteiger partial charge in [-0.2, -0.15) is 0 Å². The van der Waals surface area contributed by atoms with Crippen LogP contribution in [-0.2, 0) is 17.8 Å². The lowest BCUT2D eigenvalue weighted by Gasteiger charge is -2.15. The fourth-order valence-electron chi connectivity index (χ4n) is 2.42. The van der Waals surface area contributed by atoms with Crippen LogP contribution in [0.25, 0.3) is 11.3 Å². The molecule has 0 atom stereocenters. The van der Waals surface area contributed by atoms with Crippen molar-refractivity contribution in [3.63, 3.8) is 0 Å². The van der Waals surface area contributed by atoms with E-state index in [1.807, 2.05) is 54.6 Å². The number of benzene rings is 1. The van der Waals surface area contributed by atoms with Gasteiger partial charge in [-0.1, -0.05) is 30.3 Å². The van der Waals surface area contributed by atoms with E-state index in [1.165, 1.54) is 0 Å². The largest absolute Gasteiger partial charge is 0.467 e. The number of furan rings is 2. The molecule has 0 aliphatic heterocycles. The first-order valence-corrected chi connectivity index (χ1v) is 7.63. The van der Waals surface area contributed by atoms with Gasteiger partial charge in [0.25, 0.3) is 0 Å². The van der Waals surface area contributed by atoms with Crippen LogP contribution in [0.3, 0.4) is 0 Å². The molecule has 118 valence electrons. The third-order valence-corrected chi connectivity index (χ3v) is 3.70. The molecule has 0 fully saturated rings. The second kappa shape index (κ2) is 7.01. The van der Waals surface area contributed by atoms with E-state index >= 15 is 0 Å². The Morgan fingerprint density at radius 1 is 1.00 bits per heavy atom. The Hall–Kier alpha value is -2.75. The molecular weight excluding hydrogens is 290 g/mol. The number of carbonyl (C=O) groups excluding carboxylic acids is 1. The van der Waals surface area contributed by atoms with Crippen molar-refractivity contribution in [2.45, 2.75) is 19.4 Å². The summed E-state index contributed by atoms with van der Waals surface area (Å²) in [5, 5.41) is 0. The molecule has 0 saturated heterocycles. The molecule has 23 heavy (non-hydrogen) atoms. The number of nitrogens with zero attached hydrogens (tertiary/aromatic N) is 1. The Bertz CT molecular complexity index is 744. The molecule has 0 bridgehead atoms. The van der Waals surface area contributed by atoms with Gasteiger partial charge in [0.05, 0.1) is 12.8 Å². The first-order valence-electron chi connectivity index (χ1n) is 7.63. The Labute approximate surface area is 135 Å². The van der Waals surface area contributed by atoms with Crippen LogP contribution in [0.15, 0.2) is 69.7 Å². The van der Waals surface area contributed by atoms with Crippen LogP contribution in [0.5, 0.6) is 0 Å². The summed E-state index contributed by atoms with van der Waals surface area (Å²) < 4.78 is 11.1. The first-order chi connectivity index (χ1) is 11.2. The molecule has 2 heterocycles. The quantitative estimate of drug-likeness (QED) is 0.688. The maximum Gasteiger partial charge on any atom is 0.223 e. The monoisotopic (exact) mass is 309 g/mol. The standard InChI is InChI=1S/C19H19NO3/c1-20(14-17-8-5-13-22-17)19(21)12-10-16-9-11-18(23-16)15-6-3-2-4-7-15/h2-9,11,13H,10,12,14H2,1H3. The van der Waals surface area contributed by atoms with E-state index in [-0.39, 0.29) is 5.91 Å². The van der Waals surface area contributed by atoms with Gasteiger partial charge < -0.3 is 13.7 Å². The SMILES string of the molecule is CN(Cc1ccco1)C(=O)CCc1ccc(-c2ccccc2)o1. The average molecular weight is 309 g/mol. The highest BCUT2D eigenvalue weighted by molar-refractivity contribution is 5.76. The van der Waals surface area contributed by atoms with E-state index in [1.54, 1.807) is 18.2 Å². The predicted octanol–water partition coefficient (Wildman–Crippen LogP) is 4.13. The van der Waals surface area contributed by atoms with Crippen LogP contribution in [0.4, 0.5) is 0 Å². The van der Waals surface area contributed by atoms with Gasteiger partial charge in [0.15, 0.2) is 0 Å². The van der Waals surface area contributed by atoms with E-state index in [0.717, 1.165) is 22.8 Å². The normalized spacial score (nSPS) is 10.7. The zero-order valence-corrected chi connectivity index (χ0v) is 13.1. The molecule has 2 aromatic heterocycles. The summed E-state index contributed by atoms with van der Waals surface area (Å²) >= 11 is 0. The molecule has 0 aliphatic rings. The number of hydrogen-bond acceptors (Lipinski definition) is 3. The minimum absolute atomic E-state index is 0.0686. The van der Waals surface area contributed by atoms with Gasteiger partial charge in [-0.3, -0.25) is 4.79 Å². The molecular formula is C19H19NO3. The van der Waals surface area contributed by atoms with Gasteiger partial charge in [0.2, 0.25) is 5.91 Å². The summed E-state index contributed by atoms with van der Waals surface area (Å²) in [5.41, 5.74) is 1.04. The lowest BCUT2D eigenvalue weighted by Crippen LogP contribution is -2.26. The van der Waals surface area contributed by atoms with Crippen LogP contribution >= 0.6 is 0 Å². The smallest absolute Gasteiger partial charge is 0.223 e. The molecule has 0 saturated carbocycles. The minimum atomic E-state index is 0.0686. The van der Waals surface area contributed by atoms with Gasteiger partial charge in [-0.15, -0.1) is 0 Å². The van der Waals surface area contributed by atoms with Crippen molar-refractivity contribution in [3.05, 3.63) is 72.4 Å². The van der Waals surface area contributed by atoms with Gasteiger partial charge in [0, 0.05) is 25.5 Å². The van der Waals surface area contributed by atoms with E-state index in [2.05, 4.69) is 0 Å². The topological polar surface area (TPSA) is 46.6 Å². The van der Waals surface area contributed by atoms with Gasteiger partial charge >= 0.3 is 0 Å². The van der Waals surface area contributed by atoms with Crippen molar-refractivity contribution >= 4 is 5.91 Å². The number of aryl methyl sites for hydroxylation is 1. The number of rotatable bonds is 6. The molecule has 3 aromatic rings. The fraction of sp³-hybridized carbons (Fsp3) is 0.211. The van der Waals surface area contributed by atoms with Crippen molar-refractivity contribution in [2.24, 2.45) is 0 Å². The Balaban J connectivity index is 1.54. The van der Waals surface area contributed by atoms with Crippen LogP contribution in [0.1, 0.15) is 17.9 Å². The average Bonchev–Trinajstić information content (AvgIpc) is 3.25. The second-order valence-electron chi connectivity index (χ2n) is 5.46. The Morgan fingerprint density at radius 3 is 2.57 bits per heavy atom. The molecule has 1 aromatic carbocycles. The minimum Gasteiger partial charge on any atom is -0.467 e. The number of hydrogen-bond donors (Lipinski definition) is 0. The van der Waals surface area contributed by atoms with Crippen LogP contribution < -0.4 is 0 Å². The van der Waals surface area contributed by atoms with Crippen molar-refractivity contribution in [1.82, 2.24) is 4.90 Å². The summed E-state index contributed by atoms with van der Waals surface area (Å²) in [6.45, 7) is 0.485. The number of carbonyl (C=O) groups is 1. The highest BCUT2D eigenvalue weighted by atomic mass is 16.3. The van der Waals surface area contributed by atoms with E-state index in [9.17, 15) is 4.79 Å². The Kier molecular flexibility index (Phi) is 4.62. The zero-order valence-electron chi connectivity index (χ0n) is 13.1. The van der Waals surface area contributed by atoms with Crippen molar-refractivity contribution < 1.29 is 13.6 Å². The molecule has 3 rings (SSSR count). The lowest BCUT2D eigenvalue weighted by atomic mass is 10.2. The Morgan fingerprint density at radius 2 is 1.83 bits per heavy atom. The van der Waals surface area contributed by atoms with Crippen LogP contribution in [0, 0.1) is 0 Å². The fourth-order valence-corrected chi connectivity index (χ4v) is 2.42. The second-order valence-corrected chi connectivity index (χ2v) is 5.46. The molecule has 0 spiro atoms. The molecule has 4 nitrogen and oxygen atoms in total. The third kappa shape index (κ3) is 3.92. The highest BCUT2D eigenvalue weighted by Crippen LogP contribution is 2.22. The van der Waals surface area contributed by atoms with Crippen molar-refractivity contribution in [2.75, 3.05) is 7.05 Å². The molecule has 0 aliphatic carbocycles. The predicted molar refractivity (Wildman–Crippen MR) is 87.6 cm³/mol.